The van der Waals surface area contributed by atoms with E-state index in [2.05, 4.69) is 15.0 Å². The van der Waals surface area contributed by atoms with Gasteiger partial charge in [0.25, 0.3) is 5.91 Å². The highest BCUT2D eigenvalue weighted by atomic mass is 19.4. The molecule has 0 aliphatic carbocycles. The summed E-state index contributed by atoms with van der Waals surface area (Å²) in [6.07, 6.45) is -3.30. The van der Waals surface area contributed by atoms with Gasteiger partial charge in [0.2, 0.25) is 5.88 Å². The summed E-state index contributed by atoms with van der Waals surface area (Å²) in [5.41, 5.74) is 0.433. The summed E-state index contributed by atoms with van der Waals surface area (Å²) in [5, 5.41) is 2.62. The summed E-state index contributed by atoms with van der Waals surface area (Å²) in [4.78, 5) is 16.5. The van der Waals surface area contributed by atoms with Crippen molar-refractivity contribution in [2.24, 2.45) is 0 Å². The van der Waals surface area contributed by atoms with Crippen molar-refractivity contribution < 1.29 is 32.2 Å². The largest absolute Gasteiger partial charge is 0.573 e. The van der Waals surface area contributed by atoms with Crippen LogP contribution >= 0.6 is 0 Å². The second kappa shape index (κ2) is 8.51. The topological polar surface area (TPSA) is 69.7 Å². The van der Waals surface area contributed by atoms with Crippen molar-refractivity contribution in [2.75, 3.05) is 12.4 Å². The minimum Gasteiger partial charge on any atom is -0.497 e. The average Bonchev–Trinajstić information content (AvgIpc) is 2.69. The number of anilines is 1. The molecule has 0 unspecified atom stereocenters. The van der Waals surface area contributed by atoms with Crippen LogP contribution < -0.4 is 19.5 Å². The number of nitrogens with zero attached hydrogens (tertiary/aromatic N) is 1. The van der Waals surface area contributed by atoms with E-state index < -0.39 is 18.0 Å². The van der Waals surface area contributed by atoms with Gasteiger partial charge in [-0.25, -0.2) is 4.98 Å². The highest BCUT2D eigenvalue weighted by molar-refractivity contribution is 6.04. The molecule has 0 aliphatic rings. The molecule has 0 saturated carbocycles. The molecule has 1 heterocycles. The minimum absolute atomic E-state index is 0.138. The van der Waals surface area contributed by atoms with Crippen molar-refractivity contribution in [3.8, 4) is 23.1 Å². The first kappa shape index (κ1) is 20.0. The molecule has 0 radical (unpaired) electrons. The molecule has 1 amide bonds. The van der Waals surface area contributed by atoms with Crippen molar-refractivity contribution in [3.05, 3.63) is 72.4 Å². The molecule has 0 atom stereocenters. The van der Waals surface area contributed by atoms with Crippen molar-refractivity contribution in [2.45, 2.75) is 6.36 Å². The maximum atomic E-state index is 12.4. The SMILES string of the molecule is COc1ccc(Oc2ncccc2NC(=O)c2ccc(OC(F)(F)F)cc2)cc1. The molecule has 0 saturated heterocycles. The number of nitrogens with one attached hydrogen (secondary N) is 1. The first-order valence-corrected chi connectivity index (χ1v) is 8.28. The van der Waals surface area contributed by atoms with Gasteiger partial charge < -0.3 is 19.5 Å². The molecule has 0 bridgehead atoms. The van der Waals surface area contributed by atoms with Crippen LogP contribution in [-0.2, 0) is 0 Å². The van der Waals surface area contributed by atoms with E-state index in [1.54, 1.807) is 43.5 Å². The van der Waals surface area contributed by atoms with E-state index >= 15 is 0 Å². The zero-order valence-corrected chi connectivity index (χ0v) is 15.1. The smallest absolute Gasteiger partial charge is 0.497 e. The third-order valence-corrected chi connectivity index (χ3v) is 3.64. The maximum absolute atomic E-state index is 12.4. The molecule has 2 aromatic carbocycles. The normalized spacial score (nSPS) is 10.9. The Morgan fingerprint density at radius 2 is 1.55 bits per heavy atom. The molecule has 1 N–H and O–H groups in total. The van der Waals surface area contributed by atoms with Gasteiger partial charge in [0.1, 0.15) is 22.9 Å². The van der Waals surface area contributed by atoms with Crippen molar-refractivity contribution in [1.82, 2.24) is 4.98 Å². The molecule has 9 heteroatoms. The van der Waals surface area contributed by atoms with E-state index in [1.807, 2.05) is 0 Å². The number of alkyl halides is 3. The fourth-order valence-corrected chi connectivity index (χ4v) is 2.33. The predicted molar refractivity (Wildman–Crippen MR) is 98.4 cm³/mol. The third-order valence-electron chi connectivity index (χ3n) is 3.64. The van der Waals surface area contributed by atoms with E-state index in [9.17, 15) is 18.0 Å². The fraction of sp³-hybridized carbons (Fsp3) is 0.100. The summed E-state index contributed by atoms with van der Waals surface area (Å²) in [6.45, 7) is 0. The zero-order valence-electron chi connectivity index (χ0n) is 15.1. The van der Waals surface area contributed by atoms with Crippen molar-refractivity contribution in [1.29, 1.82) is 0 Å². The number of amides is 1. The van der Waals surface area contributed by atoms with Gasteiger partial charge in [-0.15, -0.1) is 13.2 Å². The number of hydrogen-bond donors (Lipinski definition) is 1. The molecule has 0 aliphatic heterocycles. The van der Waals surface area contributed by atoms with E-state index in [4.69, 9.17) is 9.47 Å². The van der Waals surface area contributed by atoms with Gasteiger partial charge in [-0.1, -0.05) is 0 Å². The Morgan fingerprint density at radius 3 is 2.17 bits per heavy atom. The van der Waals surface area contributed by atoms with Gasteiger partial charge in [-0.2, -0.15) is 0 Å². The molecular formula is C20H15F3N2O4. The van der Waals surface area contributed by atoms with Crippen LogP contribution in [0.2, 0.25) is 0 Å². The van der Waals surface area contributed by atoms with Crippen LogP contribution in [0.5, 0.6) is 23.1 Å². The number of halogens is 3. The van der Waals surface area contributed by atoms with Crippen molar-refractivity contribution >= 4 is 11.6 Å². The van der Waals surface area contributed by atoms with Gasteiger partial charge in [0.05, 0.1) is 7.11 Å². The molecule has 150 valence electrons. The lowest BCUT2D eigenvalue weighted by Gasteiger charge is -2.12. The van der Waals surface area contributed by atoms with Crippen LogP contribution in [0.25, 0.3) is 0 Å². The molecule has 6 nitrogen and oxygen atoms in total. The lowest BCUT2D eigenvalue weighted by atomic mass is 10.2. The monoisotopic (exact) mass is 404 g/mol. The number of pyridine rings is 1. The van der Waals surface area contributed by atoms with Gasteiger partial charge >= 0.3 is 6.36 Å². The number of ether oxygens (including phenoxy) is 3. The zero-order chi connectivity index (χ0) is 20.9. The van der Waals surface area contributed by atoms with Gasteiger partial charge in [-0.05, 0) is 60.7 Å². The predicted octanol–water partition coefficient (Wildman–Crippen LogP) is 5.03. The van der Waals surface area contributed by atoms with Crippen molar-refractivity contribution in [3.63, 3.8) is 0 Å². The van der Waals surface area contributed by atoms with Crippen LogP contribution in [0.15, 0.2) is 66.9 Å². The Labute approximate surface area is 163 Å². The molecule has 0 spiro atoms. The van der Waals surface area contributed by atoms with Crippen LogP contribution in [0, 0.1) is 0 Å². The number of methoxy groups -OCH3 is 1. The van der Waals surface area contributed by atoms with E-state index in [0.717, 1.165) is 12.1 Å². The molecule has 1 aromatic heterocycles. The molecular weight excluding hydrogens is 389 g/mol. The highest BCUT2D eigenvalue weighted by Crippen LogP contribution is 2.29. The number of aromatic nitrogens is 1. The van der Waals surface area contributed by atoms with Crippen LogP contribution in [0.1, 0.15) is 10.4 Å². The summed E-state index contributed by atoms with van der Waals surface area (Å²) in [7, 11) is 1.55. The number of rotatable bonds is 6. The second-order valence-corrected chi connectivity index (χ2v) is 5.66. The van der Waals surface area contributed by atoms with Crippen LogP contribution in [0.4, 0.5) is 18.9 Å². The summed E-state index contributed by atoms with van der Waals surface area (Å²) in [5.74, 6) is 0.330. The molecule has 3 rings (SSSR count). The first-order valence-electron chi connectivity index (χ1n) is 8.28. The minimum atomic E-state index is -4.80. The molecule has 0 fully saturated rings. The van der Waals surface area contributed by atoms with Crippen LogP contribution in [0.3, 0.4) is 0 Å². The lowest BCUT2D eigenvalue weighted by Crippen LogP contribution is -2.17. The summed E-state index contributed by atoms with van der Waals surface area (Å²) >= 11 is 0. The summed E-state index contributed by atoms with van der Waals surface area (Å²) in [6, 6.07) is 14.5. The average molecular weight is 404 g/mol. The number of hydrogen-bond acceptors (Lipinski definition) is 5. The standard InChI is InChI=1S/C20H15F3N2O4/c1-27-14-8-10-15(11-9-14)28-19-17(3-2-12-24-19)25-18(26)13-4-6-16(7-5-13)29-20(21,22)23/h2-12H,1H3,(H,25,26). The van der Waals surface area contributed by atoms with E-state index in [1.165, 1.54) is 18.3 Å². The number of benzene rings is 2. The van der Waals surface area contributed by atoms with E-state index in [-0.39, 0.29) is 11.4 Å². The fourth-order valence-electron chi connectivity index (χ4n) is 2.33. The maximum Gasteiger partial charge on any atom is 0.573 e. The quantitative estimate of drug-likeness (QED) is 0.624. The Hall–Kier alpha value is -3.75. The van der Waals surface area contributed by atoms with Gasteiger partial charge in [-0.3, -0.25) is 4.79 Å². The third kappa shape index (κ3) is 5.61. The highest BCUT2D eigenvalue weighted by Gasteiger charge is 2.31. The summed E-state index contributed by atoms with van der Waals surface area (Å²) < 4.78 is 51.2. The molecule has 3 aromatic rings. The Balaban J connectivity index is 1.72. The van der Waals surface area contributed by atoms with Crippen LogP contribution in [-0.4, -0.2) is 24.4 Å². The lowest BCUT2D eigenvalue weighted by molar-refractivity contribution is -0.274. The van der Waals surface area contributed by atoms with Gasteiger partial charge in [0, 0.05) is 11.8 Å². The Morgan fingerprint density at radius 1 is 0.931 bits per heavy atom. The Bertz CT molecular complexity index is 974. The molecule has 29 heavy (non-hydrogen) atoms. The first-order chi connectivity index (χ1) is 13.8. The van der Waals surface area contributed by atoms with E-state index in [0.29, 0.717) is 17.2 Å². The number of carbonyl (C=O) groups is 1. The Kier molecular flexibility index (Phi) is 5.87. The van der Waals surface area contributed by atoms with Gasteiger partial charge in [0.15, 0.2) is 0 Å². The number of carbonyl (C=O) groups excluding carboxylic acids is 1. The second-order valence-electron chi connectivity index (χ2n) is 5.66.